The summed E-state index contributed by atoms with van der Waals surface area (Å²) in [5.41, 5.74) is 8.03. The number of anilines is 4. The van der Waals surface area contributed by atoms with E-state index in [-0.39, 0.29) is 107 Å². The Labute approximate surface area is 449 Å². The largest absolute Gasteiger partial charge is 0.509 e. The Bertz CT molecular complexity index is 4170. The second-order valence-electron chi connectivity index (χ2n) is 20.2. The molecule has 0 spiro atoms. The van der Waals surface area contributed by atoms with Crippen molar-refractivity contribution in [2.75, 3.05) is 9.80 Å². The Hall–Kier alpha value is -7.20. The number of hydrogen-bond acceptors (Lipinski definition) is 4. The molecule has 0 radical (unpaired) electrons. The van der Waals surface area contributed by atoms with Gasteiger partial charge >= 0.3 is 0 Å². The minimum Gasteiger partial charge on any atom is -0.509 e. The van der Waals surface area contributed by atoms with E-state index in [0.29, 0.717) is 22.8 Å². The van der Waals surface area contributed by atoms with Gasteiger partial charge in [-0.05, 0) is 81.3 Å². The standard InChI is InChI=1S/C65H57N4O.Pt/c1-63(2,3)48-37-45(38-49(39-48)64(4,5)6)54-29-20-28-53(44-21-11-9-12-22-44)62(54)68-43-67(58-31-17-18-32-59(58)68)50-25-19-26-51(41-50)70-52-33-34-56-55-27-15-16-30-57(55)69(60(56)42-52)61-40-47(35-36-66-61)65(7,8)46-23-13-10-14-24-46;/h9-40,43H,1-8H3;/q-3;/i9D,11D,12D,15D,16D,21D,22D,27D,30D,33D,34D;. The third-order valence-electron chi connectivity index (χ3n) is 13.2. The van der Waals surface area contributed by atoms with Gasteiger partial charge in [-0.1, -0.05) is 188 Å². The topological polar surface area (TPSA) is 33.5 Å². The van der Waals surface area contributed by atoms with Crippen LogP contribution in [0.4, 0.5) is 22.7 Å². The summed E-state index contributed by atoms with van der Waals surface area (Å²) in [5.74, 6) is 0.318. The van der Waals surface area contributed by atoms with Gasteiger partial charge in [-0.3, -0.25) is 0 Å². The molecule has 3 heterocycles. The van der Waals surface area contributed by atoms with Crippen molar-refractivity contribution in [3.05, 3.63) is 235 Å². The Morgan fingerprint density at radius 3 is 1.90 bits per heavy atom. The van der Waals surface area contributed by atoms with E-state index >= 15 is 0 Å². The van der Waals surface area contributed by atoms with Crippen molar-refractivity contribution in [2.24, 2.45) is 0 Å². The van der Waals surface area contributed by atoms with Crippen molar-refractivity contribution in [3.63, 3.8) is 0 Å². The van der Waals surface area contributed by atoms with E-state index in [1.807, 2.05) is 101 Å². The van der Waals surface area contributed by atoms with Gasteiger partial charge in [0.25, 0.3) is 0 Å². The maximum atomic E-state index is 9.51. The van der Waals surface area contributed by atoms with Gasteiger partial charge in [0.1, 0.15) is 5.82 Å². The molecule has 0 atom stereocenters. The van der Waals surface area contributed by atoms with Crippen LogP contribution in [0, 0.1) is 18.8 Å². The van der Waals surface area contributed by atoms with Crippen LogP contribution in [-0.4, -0.2) is 9.55 Å². The molecule has 356 valence electrons. The van der Waals surface area contributed by atoms with E-state index in [0.717, 1.165) is 44.8 Å². The van der Waals surface area contributed by atoms with Crippen LogP contribution in [0.2, 0.25) is 0 Å². The van der Waals surface area contributed by atoms with Crippen LogP contribution in [-0.2, 0) is 37.3 Å². The molecule has 0 saturated carbocycles. The average molecular weight is 1120 g/mol. The molecule has 8 aromatic carbocycles. The molecule has 6 heteroatoms. The van der Waals surface area contributed by atoms with E-state index < -0.39 is 35.6 Å². The van der Waals surface area contributed by atoms with E-state index in [9.17, 15) is 6.85 Å². The van der Waals surface area contributed by atoms with Crippen LogP contribution < -0.4 is 14.5 Å². The zero-order valence-corrected chi connectivity index (χ0v) is 43.0. The number of rotatable bonds is 9. The van der Waals surface area contributed by atoms with Gasteiger partial charge in [-0.15, -0.1) is 48.1 Å². The normalized spacial score (nSPS) is 15.0. The minimum atomic E-state index is -0.515. The summed E-state index contributed by atoms with van der Waals surface area (Å²) >= 11 is 0. The number of benzene rings is 8. The summed E-state index contributed by atoms with van der Waals surface area (Å²) in [6, 6.07) is 41.2. The number of para-hydroxylation sites is 4. The zero-order chi connectivity index (χ0) is 57.9. The molecule has 0 aliphatic carbocycles. The van der Waals surface area contributed by atoms with E-state index in [1.54, 1.807) is 29.0 Å². The minimum absolute atomic E-state index is 0. The summed E-state index contributed by atoms with van der Waals surface area (Å²) in [6.07, 6.45) is 1.65. The van der Waals surface area contributed by atoms with Crippen molar-refractivity contribution in [2.45, 2.75) is 71.6 Å². The number of fused-ring (bicyclic) bond motifs is 4. The van der Waals surface area contributed by atoms with Gasteiger partial charge in [0, 0.05) is 79.3 Å². The Balaban J connectivity index is 0.00000753. The summed E-state index contributed by atoms with van der Waals surface area (Å²) in [4.78, 5) is 8.64. The van der Waals surface area contributed by atoms with E-state index in [1.165, 1.54) is 0 Å². The SMILES string of the molecule is [2H]c1c([2H])c([2H])c(-c2cccc(-c3cc(C(C)(C)C)cc(C(C)(C)C)c3)c2N2[CH-]N(c3[c-]c(Oc4[c-]c5c(c([2H])c4[2H])c4c([2H])c([2H])c([2H])c([2H])c4n5-c4cc(C(C)(C)c5ccccc5)ccn4)ccc3)c3ccccc32)c([2H])c1[2H].[Pt]. The van der Waals surface area contributed by atoms with Gasteiger partial charge in [-0.2, -0.15) is 12.1 Å². The van der Waals surface area contributed by atoms with Crippen LogP contribution >= 0.6 is 0 Å². The first-order valence-corrected chi connectivity index (χ1v) is 23.4. The van der Waals surface area contributed by atoms with Gasteiger partial charge in [0.2, 0.25) is 0 Å². The van der Waals surface area contributed by atoms with E-state index in [4.69, 9.17) is 17.9 Å². The second kappa shape index (κ2) is 18.5. The molecular formula is C65H57N4OPt-3. The molecule has 0 amide bonds. The van der Waals surface area contributed by atoms with Crippen molar-refractivity contribution >= 4 is 44.6 Å². The molecule has 2 aromatic heterocycles. The summed E-state index contributed by atoms with van der Waals surface area (Å²) in [7, 11) is 0. The quantitative estimate of drug-likeness (QED) is 0.135. The van der Waals surface area contributed by atoms with Crippen molar-refractivity contribution in [3.8, 4) is 39.6 Å². The maximum Gasteiger partial charge on any atom is 0.135 e. The molecule has 0 bridgehead atoms. The molecule has 71 heavy (non-hydrogen) atoms. The average Bonchev–Trinajstić information content (AvgIpc) is 4.05. The first kappa shape index (κ1) is 35.8. The molecule has 0 unspecified atom stereocenters. The predicted molar refractivity (Wildman–Crippen MR) is 291 cm³/mol. The number of nitrogens with zero attached hydrogens (tertiary/aromatic N) is 4. The fourth-order valence-corrected chi connectivity index (χ4v) is 9.23. The molecule has 1 aliphatic heterocycles. The number of aromatic nitrogens is 2. The van der Waals surface area contributed by atoms with Crippen LogP contribution in [0.1, 0.15) is 92.7 Å². The smallest absolute Gasteiger partial charge is 0.135 e. The predicted octanol–water partition coefficient (Wildman–Crippen LogP) is 17.2. The van der Waals surface area contributed by atoms with E-state index in [2.05, 4.69) is 85.7 Å². The Kier molecular flexibility index (Phi) is 9.35. The van der Waals surface area contributed by atoms with Crippen molar-refractivity contribution in [1.82, 2.24) is 9.55 Å². The number of hydrogen-bond donors (Lipinski definition) is 0. The fourth-order valence-electron chi connectivity index (χ4n) is 9.23. The molecular weight excluding hydrogens is 1050 g/mol. The summed E-state index contributed by atoms with van der Waals surface area (Å²) < 4.78 is 107. The van der Waals surface area contributed by atoms with Gasteiger partial charge in [0.15, 0.2) is 0 Å². The summed E-state index contributed by atoms with van der Waals surface area (Å²) in [5, 5.41) is 0.147. The summed E-state index contributed by atoms with van der Waals surface area (Å²) in [6.45, 7) is 19.1. The molecule has 5 nitrogen and oxygen atoms in total. The van der Waals surface area contributed by atoms with Crippen LogP contribution in [0.15, 0.2) is 194 Å². The molecule has 11 rings (SSSR count). The second-order valence-corrected chi connectivity index (χ2v) is 20.2. The number of pyridine rings is 1. The van der Waals surface area contributed by atoms with Crippen molar-refractivity contribution < 1.29 is 40.9 Å². The molecule has 0 fully saturated rings. The number of ether oxygens (including phenoxy) is 1. The Morgan fingerprint density at radius 2 is 1.18 bits per heavy atom. The molecule has 10 aromatic rings. The molecule has 1 aliphatic rings. The molecule has 0 N–H and O–H groups in total. The fraction of sp³-hybridized carbons (Fsp3) is 0.169. The molecule has 0 saturated heterocycles. The van der Waals surface area contributed by atoms with Crippen LogP contribution in [0.5, 0.6) is 11.5 Å². The maximum absolute atomic E-state index is 9.51. The Morgan fingerprint density at radius 1 is 0.535 bits per heavy atom. The third-order valence-corrected chi connectivity index (χ3v) is 13.2. The zero-order valence-electron chi connectivity index (χ0n) is 51.7. The first-order valence-electron chi connectivity index (χ1n) is 28.9. The van der Waals surface area contributed by atoms with Gasteiger partial charge < -0.3 is 19.1 Å². The third kappa shape index (κ3) is 8.87. The van der Waals surface area contributed by atoms with Crippen LogP contribution in [0.3, 0.4) is 0 Å². The van der Waals surface area contributed by atoms with Crippen molar-refractivity contribution in [1.29, 1.82) is 0 Å². The van der Waals surface area contributed by atoms with Gasteiger partial charge in [0.05, 0.1) is 12.3 Å². The van der Waals surface area contributed by atoms with Gasteiger partial charge in [-0.25, -0.2) is 4.98 Å². The first-order chi connectivity index (χ1) is 38.3. The monoisotopic (exact) mass is 1120 g/mol. The van der Waals surface area contributed by atoms with Crippen LogP contribution in [0.25, 0.3) is 49.9 Å².